The zero-order valence-electron chi connectivity index (χ0n) is 16.1. The van der Waals surface area contributed by atoms with E-state index in [9.17, 15) is 9.59 Å². The van der Waals surface area contributed by atoms with E-state index in [-0.39, 0.29) is 18.1 Å². The second-order valence-corrected chi connectivity index (χ2v) is 8.25. The van der Waals surface area contributed by atoms with E-state index in [1.165, 1.54) is 16.2 Å². The maximum Gasteiger partial charge on any atom is 0.339 e. The lowest BCUT2D eigenvalue weighted by molar-refractivity contribution is 0.0465. The number of amides is 1. The largest absolute Gasteiger partial charge is 0.456 e. The molecule has 0 spiro atoms. The van der Waals surface area contributed by atoms with E-state index in [1.54, 1.807) is 42.6 Å². The summed E-state index contributed by atoms with van der Waals surface area (Å²) in [6.07, 6.45) is 0. The summed E-state index contributed by atoms with van der Waals surface area (Å²) < 4.78 is 5.46. The van der Waals surface area contributed by atoms with Crippen LogP contribution in [0, 0.1) is 0 Å². The Kier molecular flexibility index (Phi) is 6.02. The van der Waals surface area contributed by atoms with Crippen LogP contribution in [-0.2, 0) is 11.3 Å². The summed E-state index contributed by atoms with van der Waals surface area (Å²) in [6.45, 7) is 0.0533. The van der Waals surface area contributed by atoms with E-state index in [1.807, 2.05) is 53.2 Å². The van der Waals surface area contributed by atoms with Gasteiger partial charge in [0.05, 0.1) is 21.7 Å². The fraction of sp³-hybridized carbons (Fsp3) is 0.0870. The molecule has 0 aliphatic rings. The van der Waals surface area contributed by atoms with Crippen molar-refractivity contribution in [2.45, 2.75) is 6.61 Å². The van der Waals surface area contributed by atoms with E-state index < -0.39 is 5.97 Å². The minimum Gasteiger partial charge on any atom is -0.456 e. The molecule has 0 N–H and O–H groups in total. The van der Waals surface area contributed by atoms with Crippen molar-refractivity contribution in [3.63, 3.8) is 0 Å². The third-order valence-electron chi connectivity index (χ3n) is 4.46. The lowest BCUT2D eigenvalue weighted by Gasteiger charge is -2.18. The van der Waals surface area contributed by atoms with Crippen LogP contribution in [0.2, 0.25) is 0 Å². The molecule has 0 saturated carbocycles. The van der Waals surface area contributed by atoms with Gasteiger partial charge in [-0.25, -0.2) is 9.78 Å². The molecule has 4 aromatic rings. The quantitative estimate of drug-likeness (QED) is 0.376. The van der Waals surface area contributed by atoms with E-state index in [0.29, 0.717) is 11.3 Å². The first kappa shape index (κ1) is 20.0. The smallest absolute Gasteiger partial charge is 0.339 e. The van der Waals surface area contributed by atoms with Crippen molar-refractivity contribution in [2.24, 2.45) is 0 Å². The Hall–Kier alpha value is -3.29. The van der Waals surface area contributed by atoms with Crippen LogP contribution in [0.15, 0.2) is 77.5 Å². The van der Waals surface area contributed by atoms with Crippen LogP contribution in [0.25, 0.3) is 9.88 Å². The minimum atomic E-state index is -0.550. The van der Waals surface area contributed by atoms with E-state index >= 15 is 0 Å². The first-order valence-corrected chi connectivity index (χ1v) is 11.0. The molecule has 30 heavy (non-hydrogen) atoms. The number of aromatic nitrogens is 1. The standard InChI is InChI=1S/C23H18N2O3S2/c1-25(17-8-3-2-4-9-17)22(26)18-10-5-6-11-19(18)23(27)28-14-16-15-30-21(24-16)20-12-7-13-29-20/h2-13,15H,14H2,1H3. The van der Waals surface area contributed by atoms with Crippen LogP contribution in [0.3, 0.4) is 0 Å². The Balaban J connectivity index is 1.48. The molecule has 0 aliphatic heterocycles. The number of para-hydroxylation sites is 1. The lowest BCUT2D eigenvalue weighted by Crippen LogP contribution is -2.28. The summed E-state index contributed by atoms with van der Waals surface area (Å²) in [4.78, 5) is 32.8. The van der Waals surface area contributed by atoms with E-state index in [0.717, 1.165) is 15.6 Å². The predicted molar refractivity (Wildman–Crippen MR) is 120 cm³/mol. The van der Waals surface area contributed by atoms with Crippen molar-refractivity contribution in [1.29, 1.82) is 0 Å². The first-order chi connectivity index (χ1) is 14.6. The molecule has 0 fully saturated rings. The third kappa shape index (κ3) is 4.32. The molecular weight excluding hydrogens is 416 g/mol. The van der Waals surface area contributed by atoms with Crippen molar-refractivity contribution >= 4 is 40.2 Å². The molecule has 0 radical (unpaired) electrons. The van der Waals surface area contributed by atoms with Gasteiger partial charge in [-0.15, -0.1) is 22.7 Å². The van der Waals surface area contributed by atoms with Gasteiger partial charge in [0.25, 0.3) is 5.91 Å². The Morgan fingerprint density at radius 2 is 1.67 bits per heavy atom. The van der Waals surface area contributed by atoms with Crippen molar-refractivity contribution in [2.75, 3.05) is 11.9 Å². The third-order valence-corrected chi connectivity index (χ3v) is 6.39. The molecule has 0 unspecified atom stereocenters. The number of benzene rings is 2. The maximum absolute atomic E-state index is 13.0. The molecular formula is C23H18N2O3S2. The van der Waals surface area contributed by atoms with E-state index in [4.69, 9.17) is 4.74 Å². The van der Waals surface area contributed by atoms with Crippen molar-refractivity contribution in [3.05, 3.63) is 94.3 Å². The van der Waals surface area contributed by atoms with E-state index in [2.05, 4.69) is 4.98 Å². The van der Waals surface area contributed by atoms with Crippen molar-refractivity contribution in [3.8, 4) is 9.88 Å². The van der Waals surface area contributed by atoms with Gasteiger partial charge in [0.15, 0.2) is 0 Å². The number of thiazole rings is 1. The molecule has 150 valence electrons. The number of hydrogen-bond acceptors (Lipinski definition) is 6. The Morgan fingerprint density at radius 1 is 0.933 bits per heavy atom. The normalized spacial score (nSPS) is 10.6. The van der Waals surface area contributed by atoms with Gasteiger partial charge in [0, 0.05) is 18.1 Å². The number of thiophene rings is 1. The monoisotopic (exact) mass is 434 g/mol. The predicted octanol–water partition coefficient (Wildman–Crippen LogP) is 5.51. The topological polar surface area (TPSA) is 59.5 Å². The number of esters is 1. The number of ether oxygens (including phenoxy) is 1. The van der Waals surface area contributed by atoms with Gasteiger partial charge in [0.1, 0.15) is 11.6 Å². The molecule has 0 atom stereocenters. The second kappa shape index (κ2) is 9.02. The van der Waals surface area contributed by atoms with Gasteiger partial charge in [-0.1, -0.05) is 36.4 Å². The molecule has 2 heterocycles. The average molecular weight is 435 g/mol. The maximum atomic E-state index is 13.0. The first-order valence-electron chi connectivity index (χ1n) is 9.21. The van der Waals surface area contributed by atoms with Crippen LogP contribution in [0.4, 0.5) is 5.69 Å². The summed E-state index contributed by atoms with van der Waals surface area (Å²) in [5.41, 5.74) is 1.96. The average Bonchev–Trinajstić information content (AvgIpc) is 3.49. The van der Waals surface area contributed by atoms with Gasteiger partial charge in [-0.2, -0.15) is 0 Å². The summed E-state index contributed by atoms with van der Waals surface area (Å²) >= 11 is 3.13. The molecule has 4 rings (SSSR count). The highest BCUT2D eigenvalue weighted by molar-refractivity contribution is 7.20. The van der Waals surface area contributed by atoms with Gasteiger partial charge in [-0.3, -0.25) is 4.79 Å². The number of anilines is 1. The highest BCUT2D eigenvalue weighted by atomic mass is 32.1. The molecule has 1 amide bonds. The molecule has 7 heteroatoms. The van der Waals surface area contributed by atoms with Gasteiger partial charge < -0.3 is 9.64 Å². The highest BCUT2D eigenvalue weighted by Gasteiger charge is 2.21. The second-order valence-electron chi connectivity index (χ2n) is 6.44. The fourth-order valence-corrected chi connectivity index (χ4v) is 4.52. The van der Waals surface area contributed by atoms with Crippen LogP contribution in [-0.4, -0.2) is 23.9 Å². The number of hydrogen-bond donors (Lipinski definition) is 0. The van der Waals surface area contributed by atoms with Crippen LogP contribution >= 0.6 is 22.7 Å². The van der Waals surface area contributed by atoms with Gasteiger partial charge in [-0.05, 0) is 35.7 Å². The number of carbonyl (C=O) groups is 2. The number of rotatable bonds is 6. The highest BCUT2D eigenvalue weighted by Crippen LogP contribution is 2.28. The molecule has 2 aromatic carbocycles. The Morgan fingerprint density at radius 3 is 2.40 bits per heavy atom. The summed E-state index contributed by atoms with van der Waals surface area (Å²) in [7, 11) is 1.68. The Labute approximate surface area is 182 Å². The summed E-state index contributed by atoms with van der Waals surface area (Å²) in [5.74, 6) is -0.825. The van der Waals surface area contributed by atoms with Crippen molar-refractivity contribution in [1.82, 2.24) is 4.98 Å². The number of carbonyl (C=O) groups excluding carboxylic acids is 2. The van der Waals surface area contributed by atoms with Crippen molar-refractivity contribution < 1.29 is 14.3 Å². The summed E-state index contributed by atoms with van der Waals surface area (Å²) in [5, 5.41) is 4.77. The fourth-order valence-electron chi connectivity index (χ4n) is 2.90. The van der Waals surface area contributed by atoms with Crippen LogP contribution in [0.5, 0.6) is 0 Å². The molecule has 0 saturated heterocycles. The van der Waals surface area contributed by atoms with Crippen LogP contribution < -0.4 is 4.90 Å². The van der Waals surface area contributed by atoms with Gasteiger partial charge >= 0.3 is 5.97 Å². The van der Waals surface area contributed by atoms with Gasteiger partial charge in [0.2, 0.25) is 0 Å². The molecule has 0 bridgehead atoms. The van der Waals surface area contributed by atoms with Crippen LogP contribution in [0.1, 0.15) is 26.4 Å². The lowest BCUT2D eigenvalue weighted by atomic mass is 10.1. The zero-order chi connectivity index (χ0) is 20.9. The number of nitrogens with zero attached hydrogens (tertiary/aromatic N) is 2. The summed E-state index contributed by atoms with van der Waals surface area (Å²) in [6, 6.07) is 19.9. The molecule has 2 aromatic heterocycles. The molecule has 0 aliphatic carbocycles. The minimum absolute atomic E-state index is 0.0533. The SMILES string of the molecule is CN(C(=O)c1ccccc1C(=O)OCc1csc(-c2cccs2)n1)c1ccccc1. The Bertz CT molecular complexity index is 1150. The molecule has 5 nitrogen and oxygen atoms in total. The zero-order valence-corrected chi connectivity index (χ0v) is 17.8.